The minimum atomic E-state index is 0.507. The van der Waals surface area contributed by atoms with E-state index in [0.29, 0.717) is 17.4 Å². The summed E-state index contributed by atoms with van der Waals surface area (Å²) in [6.07, 6.45) is 1.91. The lowest BCUT2D eigenvalue weighted by Crippen LogP contribution is -1.99. The Bertz CT molecular complexity index is 795. The zero-order chi connectivity index (χ0) is 15.5. The van der Waals surface area contributed by atoms with Crippen molar-refractivity contribution < 1.29 is 4.74 Å². The van der Waals surface area contributed by atoms with Crippen molar-refractivity contribution in [2.24, 2.45) is 0 Å². The molecule has 112 valence electrons. The van der Waals surface area contributed by atoms with Crippen LogP contribution in [0.15, 0.2) is 54.7 Å². The number of nitrogens with zero attached hydrogens (tertiary/aromatic N) is 2. The van der Waals surface area contributed by atoms with Crippen LogP contribution in [0.1, 0.15) is 16.8 Å². The summed E-state index contributed by atoms with van der Waals surface area (Å²) < 4.78 is 7.64. The number of hydrogen-bond acceptors (Lipinski definition) is 2. The molecule has 0 atom stereocenters. The topological polar surface area (TPSA) is 27.1 Å². The zero-order valence-corrected chi connectivity index (χ0v) is 13.3. The van der Waals surface area contributed by atoms with E-state index in [0.717, 1.165) is 16.9 Å². The lowest BCUT2D eigenvalue weighted by molar-refractivity contribution is 0.305. The second kappa shape index (κ2) is 6.24. The van der Waals surface area contributed by atoms with E-state index in [2.05, 4.69) is 24.2 Å². The van der Waals surface area contributed by atoms with Gasteiger partial charge in [-0.25, -0.2) is 4.68 Å². The van der Waals surface area contributed by atoms with E-state index in [9.17, 15) is 0 Å². The number of ether oxygens (including phenoxy) is 1. The predicted octanol–water partition coefficient (Wildman–Crippen LogP) is 4.72. The van der Waals surface area contributed by atoms with Gasteiger partial charge in [-0.15, -0.1) is 0 Å². The normalized spacial score (nSPS) is 10.7. The van der Waals surface area contributed by atoms with Crippen molar-refractivity contribution >= 4 is 11.6 Å². The Labute approximate surface area is 135 Å². The second-order valence-electron chi connectivity index (χ2n) is 5.23. The summed E-state index contributed by atoms with van der Waals surface area (Å²) in [5, 5.41) is 4.96. The quantitative estimate of drug-likeness (QED) is 0.697. The molecule has 0 saturated carbocycles. The fraction of sp³-hybridized carbons (Fsp3) is 0.167. The van der Waals surface area contributed by atoms with Crippen LogP contribution < -0.4 is 4.74 Å². The van der Waals surface area contributed by atoms with E-state index >= 15 is 0 Å². The highest BCUT2D eigenvalue weighted by Gasteiger charge is 2.06. The lowest BCUT2D eigenvalue weighted by atomic mass is 10.1. The first-order valence-corrected chi connectivity index (χ1v) is 7.51. The molecule has 0 bridgehead atoms. The number of aryl methyl sites for hydroxylation is 2. The summed E-state index contributed by atoms with van der Waals surface area (Å²) in [6, 6.07) is 15.8. The Morgan fingerprint density at radius 2 is 1.91 bits per heavy atom. The molecule has 2 aromatic carbocycles. The summed E-state index contributed by atoms with van der Waals surface area (Å²) in [6.45, 7) is 4.54. The Kier molecular flexibility index (Phi) is 4.16. The van der Waals surface area contributed by atoms with Crippen molar-refractivity contribution in [2.75, 3.05) is 0 Å². The molecular weight excluding hydrogens is 296 g/mol. The van der Waals surface area contributed by atoms with Gasteiger partial charge in [0, 0.05) is 6.20 Å². The van der Waals surface area contributed by atoms with Crippen LogP contribution in [0.3, 0.4) is 0 Å². The number of benzene rings is 2. The van der Waals surface area contributed by atoms with E-state index in [1.54, 1.807) is 4.68 Å². The highest BCUT2D eigenvalue weighted by atomic mass is 35.5. The fourth-order valence-corrected chi connectivity index (χ4v) is 2.47. The molecule has 0 aliphatic rings. The standard InChI is InChI=1S/C18H17ClN2O/c1-13-5-3-4-6-15(13)12-22-18-8-7-16(11-17(18)19)21-10-9-14(2)20-21/h3-11H,12H2,1-2H3. The molecule has 22 heavy (non-hydrogen) atoms. The minimum absolute atomic E-state index is 0.507. The molecule has 3 aromatic rings. The van der Waals surface area contributed by atoms with Gasteiger partial charge in [0.05, 0.1) is 16.4 Å². The van der Waals surface area contributed by atoms with Crippen molar-refractivity contribution in [2.45, 2.75) is 20.5 Å². The van der Waals surface area contributed by atoms with Gasteiger partial charge >= 0.3 is 0 Å². The molecule has 3 nitrogen and oxygen atoms in total. The largest absolute Gasteiger partial charge is 0.487 e. The summed E-state index contributed by atoms with van der Waals surface area (Å²) in [7, 11) is 0. The van der Waals surface area contributed by atoms with Crippen LogP contribution in [0.2, 0.25) is 5.02 Å². The van der Waals surface area contributed by atoms with E-state index in [1.807, 2.05) is 49.5 Å². The molecule has 0 aliphatic heterocycles. The van der Waals surface area contributed by atoms with Crippen molar-refractivity contribution in [1.29, 1.82) is 0 Å². The first-order chi connectivity index (χ1) is 10.6. The first-order valence-electron chi connectivity index (χ1n) is 7.13. The Balaban J connectivity index is 1.77. The van der Waals surface area contributed by atoms with Gasteiger partial charge in [-0.3, -0.25) is 0 Å². The van der Waals surface area contributed by atoms with Crippen LogP contribution >= 0.6 is 11.6 Å². The van der Waals surface area contributed by atoms with Gasteiger partial charge in [0.25, 0.3) is 0 Å². The van der Waals surface area contributed by atoms with Crippen molar-refractivity contribution in [3.05, 3.63) is 76.6 Å². The van der Waals surface area contributed by atoms with Crippen molar-refractivity contribution in [3.63, 3.8) is 0 Å². The van der Waals surface area contributed by atoms with Gasteiger partial charge in [-0.2, -0.15) is 5.10 Å². The first kappa shape index (κ1) is 14.7. The minimum Gasteiger partial charge on any atom is -0.487 e. The molecular formula is C18H17ClN2O. The zero-order valence-electron chi connectivity index (χ0n) is 12.6. The average molecular weight is 313 g/mol. The Hall–Kier alpha value is -2.26. The maximum atomic E-state index is 6.33. The molecule has 0 N–H and O–H groups in total. The Morgan fingerprint density at radius 1 is 1.09 bits per heavy atom. The molecule has 0 amide bonds. The van der Waals surface area contributed by atoms with Crippen LogP contribution in [-0.2, 0) is 6.61 Å². The summed E-state index contributed by atoms with van der Waals surface area (Å²) in [4.78, 5) is 0. The molecule has 0 radical (unpaired) electrons. The number of aromatic nitrogens is 2. The molecule has 0 aliphatic carbocycles. The number of rotatable bonds is 4. The van der Waals surface area contributed by atoms with Crippen LogP contribution in [0, 0.1) is 13.8 Å². The van der Waals surface area contributed by atoms with Crippen LogP contribution in [-0.4, -0.2) is 9.78 Å². The molecule has 1 aromatic heterocycles. The fourth-order valence-electron chi connectivity index (χ4n) is 2.24. The molecule has 4 heteroatoms. The molecule has 0 spiro atoms. The van der Waals surface area contributed by atoms with Gasteiger partial charge in [0.15, 0.2) is 0 Å². The number of halogens is 1. The molecule has 0 fully saturated rings. The third kappa shape index (κ3) is 3.15. The maximum absolute atomic E-state index is 6.33. The van der Waals surface area contributed by atoms with Gasteiger partial charge in [-0.05, 0) is 49.2 Å². The molecule has 1 heterocycles. The van der Waals surface area contributed by atoms with Gasteiger partial charge in [0.1, 0.15) is 12.4 Å². The maximum Gasteiger partial charge on any atom is 0.138 e. The molecule has 3 rings (SSSR count). The van der Waals surface area contributed by atoms with Crippen LogP contribution in [0.25, 0.3) is 5.69 Å². The van der Waals surface area contributed by atoms with Gasteiger partial charge in [0.2, 0.25) is 0 Å². The van der Waals surface area contributed by atoms with Crippen LogP contribution in [0.5, 0.6) is 5.75 Å². The monoisotopic (exact) mass is 312 g/mol. The molecule has 0 saturated heterocycles. The van der Waals surface area contributed by atoms with E-state index < -0.39 is 0 Å². The highest BCUT2D eigenvalue weighted by Crippen LogP contribution is 2.28. The van der Waals surface area contributed by atoms with E-state index in [1.165, 1.54) is 5.56 Å². The highest BCUT2D eigenvalue weighted by molar-refractivity contribution is 6.32. The molecule has 0 unspecified atom stereocenters. The lowest BCUT2D eigenvalue weighted by Gasteiger charge is -2.11. The summed E-state index contributed by atoms with van der Waals surface area (Å²) >= 11 is 6.33. The second-order valence-corrected chi connectivity index (χ2v) is 5.64. The summed E-state index contributed by atoms with van der Waals surface area (Å²) in [5.74, 6) is 0.678. The van der Waals surface area contributed by atoms with E-state index in [4.69, 9.17) is 16.3 Å². The number of hydrogen-bond donors (Lipinski definition) is 0. The predicted molar refractivity (Wildman–Crippen MR) is 88.8 cm³/mol. The summed E-state index contributed by atoms with van der Waals surface area (Å²) in [5.41, 5.74) is 4.25. The Morgan fingerprint density at radius 3 is 2.59 bits per heavy atom. The SMILES string of the molecule is Cc1ccn(-c2ccc(OCc3ccccc3C)c(Cl)c2)n1. The van der Waals surface area contributed by atoms with Crippen molar-refractivity contribution in [3.8, 4) is 11.4 Å². The van der Waals surface area contributed by atoms with Crippen LogP contribution in [0.4, 0.5) is 0 Å². The average Bonchev–Trinajstić information content (AvgIpc) is 2.94. The smallest absolute Gasteiger partial charge is 0.138 e. The van der Waals surface area contributed by atoms with E-state index in [-0.39, 0.29) is 0 Å². The van der Waals surface area contributed by atoms with Gasteiger partial charge < -0.3 is 4.74 Å². The third-order valence-corrected chi connectivity index (χ3v) is 3.84. The van der Waals surface area contributed by atoms with Gasteiger partial charge in [-0.1, -0.05) is 35.9 Å². The third-order valence-electron chi connectivity index (χ3n) is 3.55. The van der Waals surface area contributed by atoms with Crippen molar-refractivity contribution in [1.82, 2.24) is 9.78 Å².